The van der Waals surface area contributed by atoms with Gasteiger partial charge in [-0.2, -0.15) is 0 Å². The molecule has 10 atom stereocenters. The highest BCUT2D eigenvalue weighted by atomic mass is 16.8. The number of rotatable bonds is 16. The maximum Gasteiger partial charge on any atom is 0.187 e. The Morgan fingerprint density at radius 1 is 0.553 bits per heavy atom. The van der Waals surface area contributed by atoms with E-state index < -0.39 is 68.0 Å². The molecule has 3 aromatic carbocycles. The summed E-state index contributed by atoms with van der Waals surface area (Å²) in [7, 11) is 4.50. The summed E-state index contributed by atoms with van der Waals surface area (Å²) in [6, 6.07) is 29.4. The third-order valence-corrected chi connectivity index (χ3v) is 8.42. The van der Waals surface area contributed by atoms with Crippen LogP contribution in [0.15, 0.2) is 91.0 Å². The minimum absolute atomic E-state index is 0.125. The SMILES string of the molecule is COC1[C@H](O[C@H]2C(OCc3ccccc3)C(OCc3ccccc3)[C@@H](OC)O[C@H]2COCc2ccccc2)OC(CO)[C@H](O)[C@H]1OC. The largest absolute Gasteiger partial charge is 0.394 e. The van der Waals surface area contributed by atoms with Gasteiger partial charge in [-0.15, -0.1) is 0 Å². The van der Waals surface area contributed by atoms with Crippen LogP contribution in [0.5, 0.6) is 0 Å². The van der Waals surface area contributed by atoms with Gasteiger partial charge in [-0.05, 0) is 16.7 Å². The molecule has 0 bridgehead atoms. The van der Waals surface area contributed by atoms with Crippen molar-refractivity contribution >= 4 is 0 Å². The quantitative estimate of drug-likeness (QED) is 0.237. The predicted octanol–water partition coefficient (Wildman–Crippen LogP) is 3.24. The smallest absolute Gasteiger partial charge is 0.187 e. The Balaban J connectivity index is 1.46. The summed E-state index contributed by atoms with van der Waals surface area (Å²) in [6.07, 6.45) is -8.73. The van der Waals surface area contributed by atoms with E-state index in [0.717, 1.165) is 16.7 Å². The molecule has 256 valence electrons. The van der Waals surface area contributed by atoms with Gasteiger partial charge in [0.15, 0.2) is 12.6 Å². The fraction of sp³-hybridized carbons (Fsp3) is 0.500. The van der Waals surface area contributed by atoms with E-state index in [-0.39, 0.29) is 19.8 Å². The van der Waals surface area contributed by atoms with Crippen molar-refractivity contribution < 1.29 is 52.8 Å². The third kappa shape index (κ3) is 9.23. The summed E-state index contributed by atoms with van der Waals surface area (Å²) in [6.45, 7) is 0.542. The van der Waals surface area contributed by atoms with Crippen LogP contribution in [0.1, 0.15) is 16.7 Å². The van der Waals surface area contributed by atoms with Gasteiger partial charge in [0.25, 0.3) is 0 Å². The van der Waals surface area contributed by atoms with Crippen LogP contribution in [0.3, 0.4) is 0 Å². The summed E-state index contributed by atoms with van der Waals surface area (Å²) in [4.78, 5) is 0. The summed E-state index contributed by atoms with van der Waals surface area (Å²) >= 11 is 0. The average molecular weight is 655 g/mol. The molecule has 0 saturated carbocycles. The second-order valence-corrected chi connectivity index (χ2v) is 11.5. The second-order valence-electron chi connectivity index (χ2n) is 11.5. The zero-order valence-electron chi connectivity index (χ0n) is 27.0. The van der Waals surface area contributed by atoms with Gasteiger partial charge >= 0.3 is 0 Å². The van der Waals surface area contributed by atoms with Crippen molar-refractivity contribution in [3.63, 3.8) is 0 Å². The lowest BCUT2D eigenvalue weighted by atomic mass is 9.96. The Morgan fingerprint density at radius 3 is 1.57 bits per heavy atom. The first-order chi connectivity index (χ1) is 23.1. The number of benzene rings is 3. The Kier molecular flexibility index (Phi) is 13.7. The standard InChI is InChI=1S/C36H46O11/c1-39-31-29(38)27(19-37)45-36(33(31)40-2)47-30-28(23-42-20-24-13-7-4-8-14-24)46-35(41-3)34(44-22-26-17-11-6-12-18-26)32(30)43-21-25-15-9-5-10-16-25/h4-18,27-38H,19-23H2,1-3H3/t27?,28-,29-,30+,31+,32?,33?,34?,35-,36-/m0/s1. The lowest BCUT2D eigenvalue weighted by molar-refractivity contribution is -0.369. The third-order valence-electron chi connectivity index (χ3n) is 8.42. The fourth-order valence-corrected chi connectivity index (χ4v) is 5.96. The lowest BCUT2D eigenvalue weighted by Gasteiger charge is -2.49. The molecule has 0 aliphatic carbocycles. The molecule has 2 aliphatic heterocycles. The van der Waals surface area contributed by atoms with Crippen molar-refractivity contribution in [3.8, 4) is 0 Å². The molecule has 0 aromatic heterocycles. The number of hydrogen-bond donors (Lipinski definition) is 2. The maximum atomic E-state index is 10.8. The van der Waals surface area contributed by atoms with Crippen LogP contribution in [0, 0.1) is 0 Å². The van der Waals surface area contributed by atoms with E-state index in [0.29, 0.717) is 6.61 Å². The summed E-state index contributed by atoms with van der Waals surface area (Å²) in [5.41, 5.74) is 2.92. The zero-order valence-corrected chi connectivity index (χ0v) is 27.0. The lowest BCUT2D eigenvalue weighted by Crippen LogP contribution is -2.66. The van der Waals surface area contributed by atoms with Gasteiger partial charge < -0.3 is 52.8 Å². The van der Waals surface area contributed by atoms with E-state index in [1.165, 1.54) is 14.2 Å². The summed E-state index contributed by atoms with van der Waals surface area (Å²) in [5, 5.41) is 20.9. The van der Waals surface area contributed by atoms with Gasteiger partial charge in [-0.1, -0.05) is 91.0 Å². The first-order valence-corrected chi connectivity index (χ1v) is 15.8. The van der Waals surface area contributed by atoms with E-state index in [1.807, 2.05) is 91.0 Å². The van der Waals surface area contributed by atoms with Crippen molar-refractivity contribution in [1.82, 2.24) is 0 Å². The van der Waals surface area contributed by atoms with Crippen molar-refractivity contribution in [2.75, 3.05) is 34.5 Å². The molecule has 5 rings (SSSR count). The van der Waals surface area contributed by atoms with Crippen molar-refractivity contribution in [1.29, 1.82) is 0 Å². The first kappa shape index (κ1) is 35.5. The molecule has 0 spiro atoms. The highest BCUT2D eigenvalue weighted by molar-refractivity contribution is 5.15. The Hall–Kier alpha value is -2.78. The molecule has 2 saturated heterocycles. The Morgan fingerprint density at radius 2 is 1.06 bits per heavy atom. The van der Waals surface area contributed by atoms with Crippen molar-refractivity contribution in [2.24, 2.45) is 0 Å². The molecule has 47 heavy (non-hydrogen) atoms. The highest BCUT2D eigenvalue weighted by Crippen LogP contribution is 2.34. The molecule has 2 N–H and O–H groups in total. The Bertz CT molecular complexity index is 1280. The molecule has 2 heterocycles. The molecule has 3 aromatic rings. The minimum Gasteiger partial charge on any atom is -0.394 e. The molecular weight excluding hydrogens is 608 g/mol. The van der Waals surface area contributed by atoms with Crippen LogP contribution in [-0.4, -0.2) is 106 Å². The van der Waals surface area contributed by atoms with E-state index in [9.17, 15) is 10.2 Å². The van der Waals surface area contributed by atoms with E-state index in [2.05, 4.69) is 0 Å². The normalized spacial score (nSPS) is 31.1. The number of hydrogen-bond acceptors (Lipinski definition) is 11. The minimum atomic E-state index is -1.15. The van der Waals surface area contributed by atoms with Crippen LogP contribution in [0.4, 0.5) is 0 Å². The summed E-state index contributed by atoms with van der Waals surface area (Å²) < 4.78 is 55.8. The van der Waals surface area contributed by atoms with Crippen LogP contribution in [0.25, 0.3) is 0 Å². The topological polar surface area (TPSA) is 124 Å². The second kappa shape index (κ2) is 18.1. The van der Waals surface area contributed by atoms with Gasteiger partial charge in [0.2, 0.25) is 0 Å². The van der Waals surface area contributed by atoms with Crippen LogP contribution >= 0.6 is 0 Å². The molecule has 2 fully saturated rings. The molecule has 0 amide bonds. The van der Waals surface area contributed by atoms with Gasteiger partial charge in [0, 0.05) is 21.3 Å². The zero-order chi connectivity index (χ0) is 33.0. The monoisotopic (exact) mass is 654 g/mol. The number of methoxy groups -OCH3 is 3. The van der Waals surface area contributed by atoms with Crippen LogP contribution in [-0.2, 0) is 62.5 Å². The van der Waals surface area contributed by atoms with Crippen molar-refractivity contribution in [3.05, 3.63) is 108 Å². The molecule has 11 nitrogen and oxygen atoms in total. The van der Waals surface area contributed by atoms with E-state index in [4.69, 9.17) is 42.6 Å². The van der Waals surface area contributed by atoms with Crippen molar-refractivity contribution in [2.45, 2.75) is 81.2 Å². The molecule has 11 heteroatoms. The van der Waals surface area contributed by atoms with E-state index >= 15 is 0 Å². The molecule has 0 radical (unpaired) electrons. The maximum absolute atomic E-state index is 10.8. The van der Waals surface area contributed by atoms with Crippen LogP contribution in [0.2, 0.25) is 0 Å². The molecule has 2 aliphatic rings. The van der Waals surface area contributed by atoms with Gasteiger partial charge in [-0.3, -0.25) is 0 Å². The number of aliphatic hydroxyl groups is 2. The number of ether oxygens (including phenoxy) is 9. The fourth-order valence-electron chi connectivity index (χ4n) is 5.96. The van der Waals surface area contributed by atoms with Crippen LogP contribution < -0.4 is 0 Å². The first-order valence-electron chi connectivity index (χ1n) is 15.8. The molecule has 4 unspecified atom stereocenters. The predicted molar refractivity (Wildman–Crippen MR) is 170 cm³/mol. The van der Waals surface area contributed by atoms with E-state index in [1.54, 1.807) is 7.11 Å². The highest BCUT2D eigenvalue weighted by Gasteiger charge is 2.53. The Labute approximate surface area is 276 Å². The van der Waals surface area contributed by atoms with Gasteiger partial charge in [-0.25, -0.2) is 0 Å². The average Bonchev–Trinajstić information content (AvgIpc) is 3.12. The molecular formula is C36H46O11. The summed E-state index contributed by atoms with van der Waals surface area (Å²) in [5.74, 6) is 0. The van der Waals surface area contributed by atoms with Gasteiger partial charge in [0.1, 0.15) is 48.8 Å². The van der Waals surface area contributed by atoms with Gasteiger partial charge in [0.05, 0.1) is 33.0 Å². The number of aliphatic hydroxyl groups excluding tert-OH is 2.